The third-order valence-electron chi connectivity index (χ3n) is 3.58. The number of aromatic nitrogens is 3. The summed E-state index contributed by atoms with van der Waals surface area (Å²) in [5.41, 5.74) is 3.84. The molecule has 0 aliphatic carbocycles. The molecule has 0 atom stereocenters. The van der Waals surface area contributed by atoms with Gasteiger partial charge in [-0.05, 0) is 61.4 Å². The van der Waals surface area contributed by atoms with Crippen molar-refractivity contribution in [1.29, 1.82) is 0 Å². The fourth-order valence-electron chi connectivity index (χ4n) is 2.09. The Morgan fingerprint density at radius 1 is 1.09 bits per heavy atom. The molecule has 3 aromatic rings. The molecule has 0 radical (unpaired) electrons. The second-order valence-electron chi connectivity index (χ2n) is 5.28. The first kappa shape index (κ1) is 14.9. The lowest BCUT2D eigenvalue weighted by molar-refractivity contribution is 0.102. The van der Waals surface area contributed by atoms with Crippen LogP contribution in [-0.4, -0.2) is 20.9 Å². The molecule has 1 heterocycles. The summed E-state index contributed by atoms with van der Waals surface area (Å²) < 4.78 is 14.4. The summed E-state index contributed by atoms with van der Waals surface area (Å²) in [5.74, 6) is -0.754. The number of carbonyl (C=O) groups is 1. The zero-order valence-corrected chi connectivity index (χ0v) is 12.7. The third-order valence-corrected chi connectivity index (χ3v) is 3.58. The van der Waals surface area contributed by atoms with Gasteiger partial charge in [-0.3, -0.25) is 4.79 Å². The lowest BCUT2D eigenvalue weighted by Gasteiger charge is -2.04. The molecule has 2 aromatic carbocycles. The summed E-state index contributed by atoms with van der Waals surface area (Å²) in [7, 11) is 0. The normalized spacial score (nSPS) is 10.6. The van der Waals surface area contributed by atoms with Crippen molar-refractivity contribution in [2.75, 3.05) is 5.32 Å². The van der Waals surface area contributed by atoms with Gasteiger partial charge in [0.1, 0.15) is 5.82 Å². The van der Waals surface area contributed by atoms with Gasteiger partial charge in [-0.1, -0.05) is 11.3 Å². The summed E-state index contributed by atoms with van der Waals surface area (Å²) in [6, 6.07) is 11.4. The van der Waals surface area contributed by atoms with E-state index in [1.807, 2.05) is 32.0 Å². The molecule has 0 unspecified atom stereocenters. The average molecular weight is 310 g/mol. The summed E-state index contributed by atoms with van der Waals surface area (Å²) in [5, 5.41) is 10.5. The monoisotopic (exact) mass is 310 g/mol. The van der Waals surface area contributed by atoms with Crippen molar-refractivity contribution < 1.29 is 9.18 Å². The smallest absolute Gasteiger partial charge is 0.277 e. The number of hydrogen-bond acceptors (Lipinski definition) is 3. The minimum absolute atomic E-state index is 0.188. The van der Waals surface area contributed by atoms with Gasteiger partial charge in [0.15, 0.2) is 5.69 Å². The Labute approximate surface area is 132 Å². The van der Waals surface area contributed by atoms with Crippen molar-refractivity contribution in [3.63, 3.8) is 0 Å². The second kappa shape index (κ2) is 6.00. The van der Waals surface area contributed by atoms with E-state index in [4.69, 9.17) is 0 Å². The van der Waals surface area contributed by atoms with E-state index in [9.17, 15) is 9.18 Å². The highest BCUT2D eigenvalue weighted by Crippen LogP contribution is 2.14. The van der Waals surface area contributed by atoms with Crippen LogP contribution in [0.3, 0.4) is 0 Å². The minimum atomic E-state index is -0.397. The molecule has 0 saturated heterocycles. The maximum atomic E-state index is 12.9. The summed E-state index contributed by atoms with van der Waals surface area (Å²) >= 11 is 0. The van der Waals surface area contributed by atoms with E-state index in [1.54, 1.807) is 10.9 Å². The van der Waals surface area contributed by atoms with Crippen LogP contribution in [-0.2, 0) is 0 Å². The molecule has 0 aliphatic rings. The van der Waals surface area contributed by atoms with Gasteiger partial charge in [-0.25, -0.2) is 9.07 Å². The molecule has 6 heteroatoms. The van der Waals surface area contributed by atoms with Gasteiger partial charge >= 0.3 is 0 Å². The number of carbonyl (C=O) groups excluding carboxylic acids is 1. The van der Waals surface area contributed by atoms with Gasteiger partial charge in [0.25, 0.3) is 5.91 Å². The quantitative estimate of drug-likeness (QED) is 0.807. The molecule has 0 fully saturated rings. The zero-order valence-electron chi connectivity index (χ0n) is 12.7. The van der Waals surface area contributed by atoms with Crippen molar-refractivity contribution in [2.45, 2.75) is 13.8 Å². The van der Waals surface area contributed by atoms with Crippen molar-refractivity contribution in [1.82, 2.24) is 15.0 Å². The van der Waals surface area contributed by atoms with E-state index in [1.165, 1.54) is 29.8 Å². The van der Waals surface area contributed by atoms with E-state index < -0.39 is 5.91 Å². The molecule has 0 saturated carbocycles. The Morgan fingerprint density at radius 3 is 2.52 bits per heavy atom. The first-order chi connectivity index (χ1) is 11.0. The standard InChI is InChI=1S/C17H15FN4O/c1-11-3-8-15(9-12(11)2)22-10-16(20-21-22)17(23)19-14-6-4-13(18)5-7-14/h3-10H,1-2H3,(H,19,23). The van der Waals surface area contributed by atoms with E-state index in [-0.39, 0.29) is 11.5 Å². The minimum Gasteiger partial charge on any atom is -0.321 e. The van der Waals surface area contributed by atoms with Gasteiger partial charge in [0.2, 0.25) is 0 Å². The van der Waals surface area contributed by atoms with Crippen LogP contribution < -0.4 is 5.32 Å². The topological polar surface area (TPSA) is 59.8 Å². The Balaban J connectivity index is 1.79. The Kier molecular flexibility index (Phi) is 3.89. The third kappa shape index (κ3) is 3.26. The first-order valence-corrected chi connectivity index (χ1v) is 7.10. The Bertz CT molecular complexity index is 855. The summed E-state index contributed by atoms with van der Waals surface area (Å²) in [6.45, 7) is 4.04. The lowest BCUT2D eigenvalue weighted by Crippen LogP contribution is -2.12. The predicted octanol–water partition coefficient (Wildman–Crippen LogP) is 3.28. The summed E-state index contributed by atoms with van der Waals surface area (Å²) in [6.07, 6.45) is 1.56. The zero-order chi connectivity index (χ0) is 16.4. The molecule has 1 amide bonds. The number of amides is 1. The van der Waals surface area contributed by atoms with Crippen molar-refractivity contribution in [3.05, 3.63) is 71.3 Å². The Morgan fingerprint density at radius 2 is 1.83 bits per heavy atom. The molecule has 116 valence electrons. The molecular weight excluding hydrogens is 295 g/mol. The molecule has 1 aromatic heterocycles. The van der Waals surface area contributed by atoms with Crippen LogP contribution in [0.25, 0.3) is 5.69 Å². The highest BCUT2D eigenvalue weighted by atomic mass is 19.1. The molecular formula is C17H15FN4O. The van der Waals surface area contributed by atoms with Gasteiger partial charge in [0.05, 0.1) is 11.9 Å². The number of nitrogens with one attached hydrogen (secondary N) is 1. The predicted molar refractivity (Wildman–Crippen MR) is 85.2 cm³/mol. The number of benzene rings is 2. The van der Waals surface area contributed by atoms with Crippen LogP contribution in [0.4, 0.5) is 10.1 Å². The molecule has 0 aliphatic heterocycles. The molecule has 0 bridgehead atoms. The molecule has 23 heavy (non-hydrogen) atoms. The largest absolute Gasteiger partial charge is 0.321 e. The van der Waals surface area contributed by atoms with E-state index in [2.05, 4.69) is 15.6 Å². The number of nitrogens with zero attached hydrogens (tertiary/aromatic N) is 3. The van der Waals surface area contributed by atoms with Crippen molar-refractivity contribution >= 4 is 11.6 Å². The van der Waals surface area contributed by atoms with Crippen LogP contribution in [0.2, 0.25) is 0 Å². The van der Waals surface area contributed by atoms with Crippen LogP contribution >= 0.6 is 0 Å². The van der Waals surface area contributed by atoms with Gasteiger partial charge in [-0.15, -0.1) is 5.10 Å². The van der Waals surface area contributed by atoms with E-state index >= 15 is 0 Å². The average Bonchev–Trinajstić information content (AvgIpc) is 3.02. The molecule has 0 spiro atoms. The lowest BCUT2D eigenvalue weighted by atomic mass is 10.1. The van der Waals surface area contributed by atoms with E-state index in [0.29, 0.717) is 5.69 Å². The van der Waals surface area contributed by atoms with Gasteiger partial charge in [-0.2, -0.15) is 0 Å². The number of anilines is 1. The molecule has 5 nitrogen and oxygen atoms in total. The molecule has 1 N–H and O–H groups in total. The maximum absolute atomic E-state index is 12.9. The first-order valence-electron chi connectivity index (χ1n) is 7.10. The maximum Gasteiger partial charge on any atom is 0.277 e. The van der Waals surface area contributed by atoms with Crippen molar-refractivity contribution in [2.24, 2.45) is 0 Å². The fourth-order valence-corrected chi connectivity index (χ4v) is 2.09. The highest BCUT2D eigenvalue weighted by Gasteiger charge is 2.12. The van der Waals surface area contributed by atoms with Crippen LogP contribution in [0.5, 0.6) is 0 Å². The van der Waals surface area contributed by atoms with Crippen LogP contribution in [0.1, 0.15) is 21.6 Å². The van der Waals surface area contributed by atoms with E-state index in [0.717, 1.165) is 11.3 Å². The van der Waals surface area contributed by atoms with Gasteiger partial charge < -0.3 is 5.32 Å². The SMILES string of the molecule is Cc1ccc(-n2cc(C(=O)Nc3ccc(F)cc3)nn2)cc1C. The Hall–Kier alpha value is -3.02. The fraction of sp³-hybridized carbons (Fsp3) is 0.118. The summed E-state index contributed by atoms with van der Waals surface area (Å²) in [4.78, 5) is 12.1. The van der Waals surface area contributed by atoms with Gasteiger partial charge in [0, 0.05) is 5.69 Å². The second-order valence-corrected chi connectivity index (χ2v) is 5.28. The highest BCUT2D eigenvalue weighted by molar-refractivity contribution is 6.02. The number of rotatable bonds is 3. The number of aryl methyl sites for hydroxylation is 2. The number of halogens is 1. The van der Waals surface area contributed by atoms with Crippen LogP contribution in [0.15, 0.2) is 48.7 Å². The van der Waals surface area contributed by atoms with Crippen molar-refractivity contribution in [3.8, 4) is 5.69 Å². The molecule has 3 rings (SSSR count). The van der Waals surface area contributed by atoms with Crippen LogP contribution in [0, 0.1) is 19.7 Å². The number of hydrogen-bond donors (Lipinski definition) is 1.